The second-order valence-electron chi connectivity index (χ2n) is 6.02. The first-order valence-corrected chi connectivity index (χ1v) is 8.01. The molecular weight excluding hydrogens is 236 g/mol. The maximum Gasteiger partial charge on any atom is 0.132 e. The second kappa shape index (κ2) is 12.6. The molecule has 0 aromatic rings. The number of carbonyl (C=O) groups is 1. The average molecular weight is 270 g/mol. The zero-order chi connectivity index (χ0) is 14.5. The summed E-state index contributed by atoms with van der Waals surface area (Å²) in [6.07, 6.45) is 7.10. The van der Waals surface area contributed by atoms with E-state index in [2.05, 4.69) is 38.3 Å². The predicted octanol–water partition coefficient (Wildman–Crippen LogP) is 3.28. The predicted molar refractivity (Wildman–Crippen MR) is 83.6 cm³/mol. The van der Waals surface area contributed by atoms with Crippen LogP contribution in [0.4, 0.5) is 0 Å². The molecule has 0 radical (unpaired) electrons. The first-order valence-electron chi connectivity index (χ1n) is 8.01. The minimum Gasteiger partial charge on any atom is -0.315 e. The first kappa shape index (κ1) is 18.6. The van der Waals surface area contributed by atoms with E-state index in [9.17, 15) is 4.79 Å². The lowest BCUT2D eigenvalue weighted by atomic mass is 10.1. The number of rotatable bonds is 13. The van der Waals surface area contributed by atoms with Gasteiger partial charge >= 0.3 is 0 Å². The summed E-state index contributed by atoms with van der Waals surface area (Å²) < 4.78 is 0. The van der Waals surface area contributed by atoms with Crippen LogP contribution in [-0.4, -0.2) is 31.0 Å². The van der Waals surface area contributed by atoms with Crippen LogP contribution in [-0.2, 0) is 4.79 Å². The fourth-order valence-corrected chi connectivity index (χ4v) is 1.98. The Hall–Kier alpha value is -0.410. The van der Waals surface area contributed by atoms with Crippen molar-refractivity contribution in [1.82, 2.24) is 10.6 Å². The summed E-state index contributed by atoms with van der Waals surface area (Å²) in [5.41, 5.74) is 0. The molecule has 0 aliphatic rings. The van der Waals surface area contributed by atoms with Gasteiger partial charge < -0.3 is 10.6 Å². The van der Waals surface area contributed by atoms with Gasteiger partial charge in [0, 0.05) is 24.9 Å². The highest BCUT2D eigenvalue weighted by Gasteiger charge is 2.02. The van der Waals surface area contributed by atoms with Crippen LogP contribution in [0.3, 0.4) is 0 Å². The Bertz CT molecular complexity index is 215. The van der Waals surface area contributed by atoms with Crippen LogP contribution in [0.5, 0.6) is 0 Å². The van der Waals surface area contributed by atoms with Gasteiger partial charge in [-0.2, -0.15) is 0 Å². The molecule has 0 aromatic carbocycles. The highest BCUT2D eigenvalue weighted by atomic mass is 16.1. The van der Waals surface area contributed by atoms with Crippen LogP contribution >= 0.6 is 0 Å². The minimum atomic E-state index is 0.446. The number of hydrogen-bond acceptors (Lipinski definition) is 3. The van der Waals surface area contributed by atoms with Crippen molar-refractivity contribution >= 4 is 5.78 Å². The minimum absolute atomic E-state index is 0.446. The zero-order valence-corrected chi connectivity index (χ0v) is 13.4. The Kier molecular flexibility index (Phi) is 12.3. The van der Waals surface area contributed by atoms with Crippen LogP contribution in [0.15, 0.2) is 0 Å². The average Bonchev–Trinajstić information content (AvgIpc) is 2.32. The van der Waals surface area contributed by atoms with E-state index in [0.717, 1.165) is 45.2 Å². The number of carbonyl (C=O) groups excluding carboxylic acids is 1. The third-order valence-electron chi connectivity index (χ3n) is 3.12. The topological polar surface area (TPSA) is 41.1 Å². The summed E-state index contributed by atoms with van der Waals surface area (Å²) in [6, 6.07) is 1.12. The van der Waals surface area contributed by atoms with Gasteiger partial charge in [-0.3, -0.25) is 4.79 Å². The first-order chi connectivity index (χ1) is 9.02. The fourth-order valence-electron chi connectivity index (χ4n) is 1.98. The Morgan fingerprint density at radius 2 is 1.16 bits per heavy atom. The van der Waals surface area contributed by atoms with Gasteiger partial charge in [-0.15, -0.1) is 0 Å². The number of unbranched alkanes of at least 4 members (excludes halogenated alkanes) is 3. The standard InChI is InChI=1S/C16H34N2O/c1-14(2)17-12-8-5-6-10-16(19)11-7-9-13-18-15(3)4/h14-15,17-18H,5-13H2,1-4H3. The summed E-state index contributed by atoms with van der Waals surface area (Å²) in [5, 5.41) is 6.78. The quantitative estimate of drug-likeness (QED) is 0.505. The van der Waals surface area contributed by atoms with Gasteiger partial charge in [0.1, 0.15) is 5.78 Å². The summed E-state index contributed by atoms with van der Waals surface area (Å²) in [4.78, 5) is 11.6. The van der Waals surface area contributed by atoms with E-state index in [1.54, 1.807) is 0 Å². The molecule has 0 rings (SSSR count). The van der Waals surface area contributed by atoms with Gasteiger partial charge in [-0.05, 0) is 38.8 Å². The lowest BCUT2D eigenvalue weighted by Crippen LogP contribution is -2.23. The fraction of sp³-hybridized carbons (Fsp3) is 0.938. The van der Waals surface area contributed by atoms with E-state index in [4.69, 9.17) is 0 Å². The maximum absolute atomic E-state index is 11.6. The summed E-state index contributed by atoms with van der Waals surface area (Å²) >= 11 is 0. The van der Waals surface area contributed by atoms with Gasteiger partial charge in [0.25, 0.3) is 0 Å². The third-order valence-corrected chi connectivity index (χ3v) is 3.12. The van der Waals surface area contributed by atoms with Crippen LogP contribution in [0.2, 0.25) is 0 Å². The lowest BCUT2D eigenvalue weighted by molar-refractivity contribution is -0.119. The normalized spacial score (nSPS) is 11.5. The van der Waals surface area contributed by atoms with Crippen molar-refractivity contribution in [3.05, 3.63) is 0 Å². The lowest BCUT2D eigenvalue weighted by Gasteiger charge is -2.08. The van der Waals surface area contributed by atoms with Crippen molar-refractivity contribution in [3.8, 4) is 0 Å². The van der Waals surface area contributed by atoms with Gasteiger partial charge in [0.15, 0.2) is 0 Å². The molecule has 0 amide bonds. The van der Waals surface area contributed by atoms with Crippen molar-refractivity contribution in [2.24, 2.45) is 0 Å². The van der Waals surface area contributed by atoms with Crippen LogP contribution in [0, 0.1) is 0 Å². The Labute approximate surface area is 119 Å². The zero-order valence-electron chi connectivity index (χ0n) is 13.4. The molecule has 0 atom stereocenters. The second-order valence-corrected chi connectivity index (χ2v) is 6.02. The highest BCUT2D eigenvalue weighted by Crippen LogP contribution is 2.05. The van der Waals surface area contributed by atoms with E-state index >= 15 is 0 Å². The van der Waals surface area contributed by atoms with Crippen LogP contribution in [0.25, 0.3) is 0 Å². The largest absolute Gasteiger partial charge is 0.315 e. The van der Waals surface area contributed by atoms with Crippen molar-refractivity contribution in [1.29, 1.82) is 0 Å². The molecular formula is C16H34N2O. The molecule has 2 N–H and O–H groups in total. The van der Waals surface area contributed by atoms with Crippen LogP contribution in [0.1, 0.15) is 72.6 Å². The molecule has 0 fully saturated rings. The molecule has 0 bridgehead atoms. The van der Waals surface area contributed by atoms with Crippen molar-refractivity contribution in [2.45, 2.75) is 84.7 Å². The molecule has 3 heteroatoms. The molecule has 0 spiro atoms. The number of Topliss-reactive ketones (excluding diaryl/α,β-unsaturated/α-hetero) is 1. The van der Waals surface area contributed by atoms with Gasteiger partial charge in [-0.1, -0.05) is 34.1 Å². The molecule has 0 aromatic heterocycles. The summed E-state index contributed by atoms with van der Waals surface area (Å²) in [7, 11) is 0. The van der Waals surface area contributed by atoms with Crippen molar-refractivity contribution < 1.29 is 4.79 Å². The van der Waals surface area contributed by atoms with Gasteiger partial charge in [-0.25, -0.2) is 0 Å². The van der Waals surface area contributed by atoms with Gasteiger partial charge in [0.2, 0.25) is 0 Å². The van der Waals surface area contributed by atoms with Crippen molar-refractivity contribution in [2.75, 3.05) is 13.1 Å². The molecule has 0 unspecified atom stereocenters. The van der Waals surface area contributed by atoms with Gasteiger partial charge in [0.05, 0.1) is 0 Å². The Morgan fingerprint density at radius 3 is 1.63 bits per heavy atom. The summed E-state index contributed by atoms with van der Waals surface area (Å²) in [5.74, 6) is 0.446. The highest BCUT2D eigenvalue weighted by molar-refractivity contribution is 5.78. The van der Waals surface area contributed by atoms with E-state index in [1.165, 1.54) is 12.8 Å². The number of hydrogen-bond donors (Lipinski definition) is 2. The molecule has 0 heterocycles. The SMILES string of the molecule is CC(C)NCCCCCC(=O)CCCCNC(C)C. The smallest absolute Gasteiger partial charge is 0.132 e. The monoisotopic (exact) mass is 270 g/mol. The Morgan fingerprint density at radius 1 is 0.737 bits per heavy atom. The number of nitrogens with one attached hydrogen (secondary N) is 2. The Balaban J connectivity index is 3.21. The third kappa shape index (κ3) is 15.5. The van der Waals surface area contributed by atoms with E-state index in [0.29, 0.717) is 17.9 Å². The molecule has 0 saturated heterocycles. The molecule has 0 aliphatic carbocycles. The van der Waals surface area contributed by atoms with E-state index in [1.807, 2.05) is 0 Å². The molecule has 0 saturated carbocycles. The van der Waals surface area contributed by atoms with E-state index in [-0.39, 0.29) is 0 Å². The maximum atomic E-state index is 11.6. The summed E-state index contributed by atoms with van der Waals surface area (Å²) in [6.45, 7) is 10.7. The molecule has 114 valence electrons. The van der Waals surface area contributed by atoms with Crippen molar-refractivity contribution in [3.63, 3.8) is 0 Å². The number of ketones is 1. The molecule has 19 heavy (non-hydrogen) atoms. The molecule has 0 aliphatic heterocycles. The van der Waals surface area contributed by atoms with E-state index < -0.39 is 0 Å². The molecule has 3 nitrogen and oxygen atoms in total. The van der Waals surface area contributed by atoms with Crippen LogP contribution < -0.4 is 10.6 Å².